The molecule has 1 amide bonds. The molecule has 3 aromatic rings. The number of carbonyl (C=O) groups is 2. The van der Waals surface area contributed by atoms with E-state index < -0.39 is 45.7 Å². The number of amides is 1. The van der Waals surface area contributed by atoms with Crippen LogP contribution < -0.4 is 10.9 Å². The summed E-state index contributed by atoms with van der Waals surface area (Å²) in [4.78, 5) is 45.8. The highest BCUT2D eigenvalue weighted by Crippen LogP contribution is 2.39. The fourth-order valence-electron chi connectivity index (χ4n) is 6.90. The monoisotopic (exact) mass is 705 g/mol. The van der Waals surface area contributed by atoms with Crippen LogP contribution in [0.25, 0.3) is 11.0 Å². The van der Waals surface area contributed by atoms with Crippen molar-refractivity contribution in [3.05, 3.63) is 63.5 Å². The van der Waals surface area contributed by atoms with Crippen molar-refractivity contribution in [1.82, 2.24) is 19.4 Å². The third-order valence-corrected chi connectivity index (χ3v) is 11.6. The van der Waals surface area contributed by atoms with Crippen molar-refractivity contribution in [2.24, 2.45) is 5.92 Å². The van der Waals surface area contributed by atoms with Crippen LogP contribution in [-0.2, 0) is 27.1 Å². The minimum Gasteiger partial charge on any atom is -0.465 e. The number of hydrogen-bond acceptors (Lipinski definition) is 8. The van der Waals surface area contributed by atoms with Crippen molar-refractivity contribution in [2.45, 2.75) is 89.1 Å². The number of carboxylic acid groups (broad SMARTS) is 1. The van der Waals surface area contributed by atoms with E-state index in [2.05, 4.69) is 15.3 Å². The first-order valence-corrected chi connectivity index (χ1v) is 18.6. The number of nitrogens with one attached hydrogen (secondary N) is 1. The first-order valence-electron chi connectivity index (χ1n) is 16.7. The number of aryl methyl sites for hydroxylation is 1. The molecule has 15 heteroatoms. The van der Waals surface area contributed by atoms with Crippen LogP contribution in [0.2, 0.25) is 0 Å². The molecule has 1 atom stereocenters. The second-order valence-electron chi connectivity index (χ2n) is 13.1. The van der Waals surface area contributed by atoms with Crippen molar-refractivity contribution in [3.8, 4) is 0 Å². The third kappa shape index (κ3) is 8.42. The number of piperidine rings is 1. The van der Waals surface area contributed by atoms with Gasteiger partial charge in [0.05, 0.1) is 28.5 Å². The molecular weight excluding hydrogens is 663 g/mol. The summed E-state index contributed by atoms with van der Waals surface area (Å²) in [6, 6.07) is 4.72. The van der Waals surface area contributed by atoms with Crippen LogP contribution in [-0.4, -0.2) is 69.9 Å². The van der Waals surface area contributed by atoms with Crippen LogP contribution in [0.1, 0.15) is 93.4 Å². The highest BCUT2D eigenvalue weighted by molar-refractivity contribution is 7.91. The number of aldehydes is 1. The van der Waals surface area contributed by atoms with Gasteiger partial charge in [0.25, 0.3) is 11.5 Å². The average Bonchev–Trinajstić information content (AvgIpc) is 3.07. The topological polar surface area (TPSA) is 152 Å². The van der Waals surface area contributed by atoms with Crippen LogP contribution in [0.4, 0.5) is 23.8 Å². The number of pyridine rings is 1. The summed E-state index contributed by atoms with van der Waals surface area (Å²) >= 11 is 0. The third-order valence-electron chi connectivity index (χ3n) is 9.85. The number of unbranched alkanes of at least 4 members (excludes halogenated alkanes) is 2. The predicted octanol–water partition coefficient (Wildman–Crippen LogP) is 6.03. The number of carbonyl (C=O) groups excluding carboxylic acids is 1. The van der Waals surface area contributed by atoms with Gasteiger partial charge in [0.1, 0.15) is 39.7 Å². The summed E-state index contributed by atoms with van der Waals surface area (Å²) in [5.41, 5.74) is -0.284. The second kappa shape index (κ2) is 15.3. The molecule has 1 unspecified atom stereocenters. The first kappa shape index (κ1) is 36.3. The van der Waals surface area contributed by atoms with E-state index in [0.717, 1.165) is 12.4 Å². The zero-order valence-corrected chi connectivity index (χ0v) is 28.2. The van der Waals surface area contributed by atoms with Crippen LogP contribution in [0.3, 0.4) is 0 Å². The van der Waals surface area contributed by atoms with Crippen molar-refractivity contribution in [3.63, 3.8) is 0 Å². The van der Waals surface area contributed by atoms with E-state index >= 15 is 13.2 Å². The molecule has 0 saturated carbocycles. The lowest BCUT2D eigenvalue weighted by Gasteiger charge is -2.31. The predicted molar refractivity (Wildman–Crippen MR) is 178 cm³/mol. The first-order chi connectivity index (χ1) is 23.3. The molecule has 49 heavy (non-hydrogen) atoms. The maximum Gasteiger partial charge on any atom is 0.407 e. The van der Waals surface area contributed by atoms with Crippen molar-refractivity contribution < 1.29 is 36.3 Å². The van der Waals surface area contributed by atoms with Crippen molar-refractivity contribution >= 4 is 39.1 Å². The number of hydrogen-bond donors (Lipinski definition) is 2. The maximum atomic E-state index is 15.9. The number of benzene rings is 1. The fraction of sp³-hybridized carbons (Fsp3) is 0.559. The number of sulfone groups is 1. The minimum absolute atomic E-state index is 0.00130. The highest BCUT2D eigenvalue weighted by Gasteiger charge is 2.37. The lowest BCUT2D eigenvalue weighted by Crippen LogP contribution is -2.37. The smallest absolute Gasteiger partial charge is 0.407 e. The molecule has 2 aliphatic rings. The Balaban J connectivity index is 1.40. The highest BCUT2D eigenvalue weighted by atomic mass is 32.2. The Morgan fingerprint density at radius 3 is 2.53 bits per heavy atom. The van der Waals surface area contributed by atoms with Gasteiger partial charge < -0.3 is 20.1 Å². The molecular formula is C34H42F3N5O6S. The van der Waals surface area contributed by atoms with Crippen LogP contribution in [0.5, 0.6) is 0 Å². The summed E-state index contributed by atoms with van der Waals surface area (Å²) in [7, 11) is -3.19. The lowest BCUT2D eigenvalue weighted by atomic mass is 9.89. The molecule has 2 aliphatic heterocycles. The van der Waals surface area contributed by atoms with Gasteiger partial charge in [0.2, 0.25) is 0 Å². The van der Waals surface area contributed by atoms with Crippen LogP contribution >= 0.6 is 0 Å². The number of nitrogens with zero attached hydrogens (tertiary/aromatic N) is 4. The number of anilines is 1. The lowest BCUT2D eigenvalue weighted by molar-refractivity contribution is -0.107. The molecule has 2 aromatic heterocycles. The molecule has 2 fully saturated rings. The van der Waals surface area contributed by atoms with E-state index in [1.54, 1.807) is 13.0 Å². The van der Waals surface area contributed by atoms with Gasteiger partial charge in [-0.2, -0.15) is 0 Å². The maximum absolute atomic E-state index is 15.9. The van der Waals surface area contributed by atoms with Gasteiger partial charge in [-0.1, -0.05) is 18.2 Å². The van der Waals surface area contributed by atoms with E-state index in [1.165, 1.54) is 27.9 Å². The summed E-state index contributed by atoms with van der Waals surface area (Å²) in [6.07, 6.45) is 3.55. The normalized spacial score (nSPS) is 18.0. The number of fused-ring (bicyclic) bond motifs is 1. The second-order valence-corrected chi connectivity index (χ2v) is 15.4. The van der Waals surface area contributed by atoms with E-state index in [1.807, 2.05) is 0 Å². The number of alkyl halides is 2. The SMILES string of the molecule is CC(Nc1ncnc2c1cc(C1CCS(=O)(=O)CC1)c(=O)n2CCCCC=O)c1cccc(C(F)(F)CCC2CCN(C(=O)O)CC2)c1F. The Morgan fingerprint density at radius 1 is 1.14 bits per heavy atom. The number of halogens is 3. The Morgan fingerprint density at radius 2 is 1.86 bits per heavy atom. The van der Waals surface area contributed by atoms with Crippen LogP contribution in [0, 0.1) is 11.7 Å². The number of aromatic nitrogens is 3. The molecule has 1 aromatic carbocycles. The average molecular weight is 706 g/mol. The standard InChI is InChI=1S/C34H42F3N5O6S/c1-22(25-6-5-7-28(29(25)35)34(36,37)13-8-23-9-15-41(16-10-23)33(45)46)40-30-27-20-26(24-11-18-49(47,48)19-12-24)32(44)42(14-3-2-4-17-43)31(27)39-21-38-30/h5-7,17,20-24H,2-4,8-16,18-19H2,1H3,(H,45,46)(H,38,39,40). The molecule has 2 saturated heterocycles. The van der Waals surface area contributed by atoms with E-state index in [0.29, 0.717) is 48.7 Å². The van der Waals surface area contributed by atoms with Crippen LogP contribution in [0.15, 0.2) is 35.4 Å². The summed E-state index contributed by atoms with van der Waals surface area (Å²) < 4.78 is 72.6. The Labute approximate surface area is 282 Å². The van der Waals surface area contributed by atoms with Gasteiger partial charge in [-0.15, -0.1) is 0 Å². The largest absolute Gasteiger partial charge is 0.465 e. The molecule has 0 radical (unpaired) electrons. The summed E-state index contributed by atoms with van der Waals surface area (Å²) in [6.45, 7) is 2.46. The molecule has 11 nitrogen and oxygen atoms in total. The van der Waals surface area contributed by atoms with Gasteiger partial charge in [-0.25, -0.2) is 36.4 Å². The van der Waals surface area contributed by atoms with E-state index in [4.69, 9.17) is 5.11 Å². The summed E-state index contributed by atoms with van der Waals surface area (Å²) in [5.74, 6) is -4.69. The van der Waals surface area contributed by atoms with Crippen molar-refractivity contribution in [1.29, 1.82) is 0 Å². The Bertz CT molecular complexity index is 1830. The van der Waals surface area contributed by atoms with Gasteiger partial charge in [0.15, 0.2) is 0 Å². The molecule has 5 rings (SSSR count). The quantitative estimate of drug-likeness (QED) is 0.161. The van der Waals surface area contributed by atoms with Gasteiger partial charge in [0, 0.05) is 43.6 Å². The molecule has 0 bridgehead atoms. The molecule has 0 aliphatic carbocycles. The fourth-order valence-corrected chi connectivity index (χ4v) is 8.39. The minimum atomic E-state index is -3.45. The molecule has 266 valence electrons. The van der Waals surface area contributed by atoms with Gasteiger partial charge >= 0.3 is 6.09 Å². The van der Waals surface area contributed by atoms with E-state index in [-0.39, 0.29) is 79.2 Å². The van der Waals surface area contributed by atoms with E-state index in [9.17, 15) is 22.8 Å². The van der Waals surface area contributed by atoms with Crippen molar-refractivity contribution in [2.75, 3.05) is 29.9 Å². The van der Waals surface area contributed by atoms with Gasteiger partial charge in [-0.05, 0) is 69.8 Å². The molecule has 2 N–H and O–H groups in total. The molecule has 4 heterocycles. The summed E-state index contributed by atoms with van der Waals surface area (Å²) in [5, 5.41) is 12.7. The molecule has 0 spiro atoms. The Hall–Kier alpha value is -4.01. The number of likely N-dealkylation sites (tertiary alicyclic amines) is 1. The Kier molecular flexibility index (Phi) is 11.3. The zero-order chi connectivity index (χ0) is 35.3. The van der Waals surface area contributed by atoms with Gasteiger partial charge in [-0.3, -0.25) is 9.36 Å². The number of rotatable bonds is 13. The zero-order valence-electron chi connectivity index (χ0n) is 27.4.